The van der Waals surface area contributed by atoms with E-state index in [1.54, 1.807) is 0 Å². The first-order valence-corrected chi connectivity index (χ1v) is 5.80. The molecule has 0 aromatic carbocycles. The first kappa shape index (κ1) is 10.9. The van der Waals surface area contributed by atoms with Crippen LogP contribution in [0.3, 0.4) is 0 Å². The highest BCUT2D eigenvalue weighted by Gasteiger charge is 2.39. The molecule has 2 aliphatic rings. The second-order valence-corrected chi connectivity index (χ2v) is 5.12. The van der Waals surface area contributed by atoms with Gasteiger partial charge < -0.3 is 15.1 Å². The number of nitrogens with one attached hydrogen (secondary N) is 1. The molecule has 2 aliphatic heterocycles. The van der Waals surface area contributed by atoms with Crippen LogP contribution in [0, 0.1) is 5.92 Å². The first-order valence-electron chi connectivity index (χ1n) is 5.80. The van der Waals surface area contributed by atoms with Gasteiger partial charge in [0.2, 0.25) is 5.91 Å². The van der Waals surface area contributed by atoms with Gasteiger partial charge in [0.1, 0.15) is 0 Å². The number of hydrogen-bond acceptors (Lipinski definition) is 3. The smallest absolute Gasteiger partial charge is 0.237 e. The molecule has 2 atom stereocenters. The van der Waals surface area contributed by atoms with Gasteiger partial charge in [-0.2, -0.15) is 0 Å². The van der Waals surface area contributed by atoms with E-state index in [1.807, 2.05) is 0 Å². The van der Waals surface area contributed by atoms with E-state index in [0.29, 0.717) is 24.5 Å². The van der Waals surface area contributed by atoms with Crippen LogP contribution in [0.4, 0.5) is 0 Å². The zero-order valence-electron chi connectivity index (χ0n) is 9.86. The molecular weight excluding hydrogens is 190 g/mol. The van der Waals surface area contributed by atoms with Crippen molar-refractivity contribution < 1.29 is 4.79 Å². The Labute approximate surface area is 91.6 Å². The number of fused-ring (bicyclic) bond motifs is 1. The fourth-order valence-corrected chi connectivity index (χ4v) is 2.72. The second-order valence-electron chi connectivity index (χ2n) is 5.12. The molecule has 2 saturated heterocycles. The molecular formula is C11H21N3O. The Morgan fingerprint density at radius 1 is 1.40 bits per heavy atom. The lowest BCUT2D eigenvalue weighted by Gasteiger charge is -2.49. The topological polar surface area (TPSA) is 35.6 Å². The summed E-state index contributed by atoms with van der Waals surface area (Å²) >= 11 is 0. The van der Waals surface area contributed by atoms with E-state index in [4.69, 9.17) is 0 Å². The fourth-order valence-electron chi connectivity index (χ4n) is 2.72. The fraction of sp³-hybridized carbons (Fsp3) is 0.909. The number of likely N-dealkylation sites (N-methyl/N-ethyl adjacent to an activating group) is 1. The maximum atomic E-state index is 11.9. The van der Waals surface area contributed by atoms with Crippen LogP contribution in [0.15, 0.2) is 0 Å². The van der Waals surface area contributed by atoms with Gasteiger partial charge in [-0.15, -0.1) is 0 Å². The van der Waals surface area contributed by atoms with E-state index in [-0.39, 0.29) is 5.91 Å². The van der Waals surface area contributed by atoms with Gasteiger partial charge in [0.25, 0.3) is 0 Å². The van der Waals surface area contributed by atoms with Gasteiger partial charge in [-0.1, -0.05) is 13.8 Å². The molecule has 2 fully saturated rings. The second kappa shape index (κ2) is 4.10. The minimum atomic E-state index is 0.276. The number of carbonyl (C=O) groups is 1. The normalized spacial score (nSPS) is 33.3. The van der Waals surface area contributed by atoms with Crippen molar-refractivity contribution in [2.75, 3.05) is 33.2 Å². The zero-order valence-corrected chi connectivity index (χ0v) is 9.86. The summed E-state index contributed by atoms with van der Waals surface area (Å²) in [5.74, 6) is 0.815. The Bertz CT molecular complexity index is 254. The van der Waals surface area contributed by atoms with Gasteiger partial charge in [0, 0.05) is 25.7 Å². The lowest BCUT2D eigenvalue weighted by Crippen LogP contribution is -2.67. The molecule has 4 heteroatoms. The molecule has 2 heterocycles. The summed E-state index contributed by atoms with van der Waals surface area (Å²) in [4.78, 5) is 16.4. The predicted octanol–water partition coefficient (Wildman–Crippen LogP) is -0.243. The van der Waals surface area contributed by atoms with E-state index < -0.39 is 0 Å². The maximum absolute atomic E-state index is 11.9. The minimum absolute atomic E-state index is 0.276. The average Bonchev–Trinajstić information content (AvgIpc) is 2.16. The standard InChI is InChI=1S/C11H21N3O/c1-8(2)10-7-13(3)6-9-4-12-5-11(15)14(9)10/h8-10,12H,4-7H2,1-3H3. The number of piperazine rings is 2. The quantitative estimate of drug-likeness (QED) is 0.650. The molecule has 1 amide bonds. The summed E-state index contributed by atoms with van der Waals surface area (Å²) in [5.41, 5.74) is 0. The largest absolute Gasteiger partial charge is 0.332 e. The lowest BCUT2D eigenvalue weighted by molar-refractivity contribution is -0.143. The van der Waals surface area contributed by atoms with E-state index in [2.05, 4.69) is 36.0 Å². The van der Waals surface area contributed by atoms with Gasteiger partial charge in [-0.3, -0.25) is 4.79 Å². The monoisotopic (exact) mass is 211 g/mol. The van der Waals surface area contributed by atoms with Crippen molar-refractivity contribution in [1.29, 1.82) is 0 Å². The van der Waals surface area contributed by atoms with Crippen LogP contribution in [0.1, 0.15) is 13.8 Å². The highest BCUT2D eigenvalue weighted by Crippen LogP contribution is 2.22. The van der Waals surface area contributed by atoms with Crippen molar-refractivity contribution >= 4 is 5.91 Å². The Kier molecular flexibility index (Phi) is 2.98. The van der Waals surface area contributed by atoms with Crippen molar-refractivity contribution in [2.45, 2.75) is 25.9 Å². The van der Waals surface area contributed by atoms with Gasteiger partial charge in [0.15, 0.2) is 0 Å². The summed E-state index contributed by atoms with van der Waals surface area (Å²) in [5, 5.41) is 3.20. The molecule has 0 aromatic heterocycles. The third kappa shape index (κ3) is 2.01. The maximum Gasteiger partial charge on any atom is 0.237 e. The molecule has 0 spiro atoms. The highest BCUT2D eigenvalue weighted by atomic mass is 16.2. The summed E-state index contributed by atoms with van der Waals surface area (Å²) in [7, 11) is 2.14. The molecule has 0 aromatic rings. The van der Waals surface area contributed by atoms with Crippen molar-refractivity contribution in [3.63, 3.8) is 0 Å². The molecule has 1 N–H and O–H groups in total. The SMILES string of the molecule is CC(C)C1CN(C)CC2CNCC(=O)N21. The van der Waals surface area contributed by atoms with Crippen molar-refractivity contribution in [2.24, 2.45) is 5.92 Å². The van der Waals surface area contributed by atoms with E-state index in [1.165, 1.54) is 0 Å². The molecule has 86 valence electrons. The molecule has 15 heavy (non-hydrogen) atoms. The van der Waals surface area contributed by atoms with Crippen LogP contribution in [0.5, 0.6) is 0 Å². The Morgan fingerprint density at radius 2 is 2.13 bits per heavy atom. The van der Waals surface area contributed by atoms with Gasteiger partial charge in [-0.05, 0) is 13.0 Å². The van der Waals surface area contributed by atoms with Crippen LogP contribution >= 0.6 is 0 Å². The average molecular weight is 211 g/mol. The number of hydrogen-bond donors (Lipinski definition) is 1. The third-order valence-electron chi connectivity index (χ3n) is 3.49. The Hall–Kier alpha value is -0.610. The van der Waals surface area contributed by atoms with Crippen LogP contribution in [-0.2, 0) is 4.79 Å². The molecule has 2 unspecified atom stereocenters. The third-order valence-corrected chi connectivity index (χ3v) is 3.49. The highest BCUT2D eigenvalue weighted by molar-refractivity contribution is 5.80. The van der Waals surface area contributed by atoms with E-state index in [9.17, 15) is 4.79 Å². The number of rotatable bonds is 1. The van der Waals surface area contributed by atoms with Crippen LogP contribution in [0.25, 0.3) is 0 Å². The molecule has 0 aliphatic carbocycles. The van der Waals surface area contributed by atoms with E-state index in [0.717, 1.165) is 19.6 Å². The van der Waals surface area contributed by atoms with Crippen molar-refractivity contribution in [1.82, 2.24) is 15.1 Å². The summed E-state index contributed by atoms with van der Waals surface area (Å²) in [6.45, 7) is 7.89. The minimum Gasteiger partial charge on any atom is -0.332 e. The molecule has 4 nitrogen and oxygen atoms in total. The van der Waals surface area contributed by atoms with Gasteiger partial charge in [0.05, 0.1) is 12.6 Å². The van der Waals surface area contributed by atoms with Gasteiger partial charge in [-0.25, -0.2) is 0 Å². The molecule has 0 bridgehead atoms. The zero-order chi connectivity index (χ0) is 11.0. The van der Waals surface area contributed by atoms with E-state index >= 15 is 0 Å². The summed E-state index contributed by atoms with van der Waals surface area (Å²) < 4.78 is 0. The summed E-state index contributed by atoms with van der Waals surface area (Å²) in [6.07, 6.45) is 0. The number of nitrogens with zero attached hydrogens (tertiary/aromatic N) is 2. The number of carbonyl (C=O) groups excluding carboxylic acids is 1. The molecule has 0 radical (unpaired) electrons. The first-order chi connectivity index (χ1) is 7.09. The van der Waals surface area contributed by atoms with Crippen molar-refractivity contribution in [3.05, 3.63) is 0 Å². The Morgan fingerprint density at radius 3 is 2.80 bits per heavy atom. The summed E-state index contributed by atoms with van der Waals surface area (Å²) in [6, 6.07) is 0.765. The van der Waals surface area contributed by atoms with Crippen LogP contribution in [-0.4, -0.2) is 61.0 Å². The van der Waals surface area contributed by atoms with Gasteiger partial charge >= 0.3 is 0 Å². The Balaban J connectivity index is 2.18. The lowest BCUT2D eigenvalue weighted by atomic mass is 9.95. The predicted molar refractivity (Wildman–Crippen MR) is 59.6 cm³/mol. The number of amides is 1. The van der Waals surface area contributed by atoms with Crippen LogP contribution < -0.4 is 5.32 Å². The molecule has 0 saturated carbocycles. The molecule has 2 rings (SSSR count). The van der Waals surface area contributed by atoms with Crippen LogP contribution in [0.2, 0.25) is 0 Å². The van der Waals surface area contributed by atoms with Crippen molar-refractivity contribution in [3.8, 4) is 0 Å².